The first-order valence-corrected chi connectivity index (χ1v) is 6.55. The molecule has 90 valence electrons. The maximum absolute atomic E-state index is 9.44. The van der Waals surface area contributed by atoms with E-state index in [2.05, 4.69) is 47.2 Å². The monoisotopic (exact) mass is 285 g/mol. The predicted octanol–water partition coefficient (Wildman–Crippen LogP) is 3.09. The summed E-state index contributed by atoms with van der Waals surface area (Å²) in [4.78, 5) is 0. The van der Waals surface area contributed by atoms with Gasteiger partial charge in [0.05, 0.1) is 6.61 Å². The minimum Gasteiger partial charge on any atom is -0.394 e. The lowest BCUT2D eigenvalue weighted by Crippen LogP contribution is -2.47. The highest BCUT2D eigenvalue weighted by Crippen LogP contribution is 2.16. The molecule has 0 atom stereocenters. The molecule has 1 rings (SSSR count). The van der Waals surface area contributed by atoms with E-state index >= 15 is 0 Å². The first-order valence-electron chi connectivity index (χ1n) is 5.76. The molecule has 0 unspecified atom stereocenters. The molecule has 0 spiro atoms. The summed E-state index contributed by atoms with van der Waals surface area (Å²) in [5.41, 5.74) is 1.09. The van der Waals surface area contributed by atoms with E-state index in [-0.39, 0.29) is 12.1 Å². The molecular formula is C13H20BrNO. The molecule has 0 radical (unpaired) electrons. The molecule has 16 heavy (non-hydrogen) atoms. The van der Waals surface area contributed by atoms with Crippen molar-refractivity contribution in [1.82, 2.24) is 5.32 Å². The van der Waals surface area contributed by atoms with E-state index in [4.69, 9.17) is 0 Å². The molecule has 0 bridgehead atoms. The maximum atomic E-state index is 9.44. The second-order valence-corrected chi connectivity index (χ2v) is 5.04. The fourth-order valence-corrected chi connectivity index (χ4v) is 2.16. The molecule has 0 amide bonds. The van der Waals surface area contributed by atoms with Crippen LogP contribution in [0.15, 0.2) is 28.7 Å². The van der Waals surface area contributed by atoms with Gasteiger partial charge in [0.1, 0.15) is 0 Å². The number of aliphatic hydroxyl groups is 1. The summed E-state index contributed by atoms with van der Waals surface area (Å²) in [5.74, 6) is 0. The topological polar surface area (TPSA) is 32.3 Å². The van der Waals surface area contributed by atoms with Crippen molar-refractivity contribution in [3.8, 4) is 0 Å². The molecule has 1 aromatic carbocycles. The molecule has 1 aromatic rings. The average molecular weight is 286 g/mol. The van der Waals surface area contributed by atoms with E-state index in [0.717, 1.165) is 23.9 Å². The Morgan fingerprint density at radius 1 is 1.31 bits per heavy atom. The van der Waals surface area contributed by atoms with Gasteiger partial charge in [-0.25, -0.2) is 0 Å². The highest BCUT2D eigenvalue weighted by atomic mass is 79.9. The number of halogens is 1. The van der Waals surface area contributed by atoms with Gasteiger partial charge in [0, 0.05) is 16.6 Å². The van der Waals surface area contributed by atoms with Crippen LogP contribution in [-0.2, 0) is 6.54 Å². The normalized spacial score (nSPS) is 11.8. The standard InChI is InChI=1S/C13H20BrNO/c1-3-13(4-2,10-16)15-9-11-6-5-7-12(14)8-11/h5-8,15-16H,3-4,9-10H2,1-2H3. The molecule has 2 nitrogen and oxygen atoms in total. The van der Waals surface area contributed by atoms with E-state index in [1.54, 1.807) is 0 Å². The first-order chi connectivity index (χ1) is 7.65. The third-order valence-corrected chi connectivity index (χ3v) is 3.71. The smallest absolute Gasteiger partial charge is 0.0613 e. The van der Waals surface area contributed by atoms with E-state index in [9.17, 15) is 5.11 Å². The fourth-order valence-electron chi connectivity index (χ4n) is 1.72. The minimum absolute atomic E-state index is 0.137. The molecule has 0 saturated carbocycles. The summed E-state index contributed by atoms with van der Waals surface area (Å²) < 4.78 is 1.09. The van der Waals surface area contributed by atoms with Crippen LogP contribution >= 0.6 is 15.9 Å². The van der Waals surface area contributed by atoms with Crippen molar-refractivity contribution in [2.24, 2.45) is 0 Å². The molecular weight excluding hydrogens is 266 g/mol. The molecule has 2 N–H and O–H groups in total. The van der Waals surface area contributed by atoms with Crippen LogP contribution in [-0.4, -0.2) is 17.3 Å². The van der Waals surface area contributed by atoms with Crippen molar-refractivity contribution in [2.75, 3.05) is 6.61 Å². The average Bonchev–Trinajstić information content (AvgIpc) is 2.32. The molecule has 0 aromatic heterocycles. The van der Waals surface area contributed by atoms with Gasteiger partial charge in [-0.1, -0.05) is 41.9 Å². The Kier molecular flexibility index (Phi) is 5.46. The van der Waals surface area contributed by atoms with E-state index < -0.39 is 0 Å². The number of aliphatic hydroxyl groups excluding tert-OH is 1. The van der Waals surface area contributed by atoms with Gasteiger partial charge in [-0.05, 0) is 30.5 Å². The highest BCUT2D eigenvalue weighted by molar-refractivity contribution is 9.10. The number of nitrogens with one attached hydrogen (secondary N) is 1. The number of hydrogen-bond donors (Lipinski definition) is 2. The van der Waals surface area contributed by atoms with E-state index in [1.807, 2.05) is 12.1 Å². The molecule has 0 aliphatic rings. The van der Waals surface area contributed by atoms with Crippen molar-refractivity contribution >= 4 is 15.9 Å². The minimum atomic E-state index is -0.137. The molecule has 0 fully saturated rings. The van der Waals surface area contributed by atoms with Crippen LogP contribution in [0.2, 0.25) is 0 Å². The third-order valence-electron chi connectivity index (χ3n) is 3.21. The van der Waals surface area contributed by atoms with Crippen molar-refractivity contribution in [3.05, 3.63) is 34.3 Å². The van der Waals surface area contributed by atoms with Gasteiger partial charge in [-0.15, -0.1) is 0 Å². The van der Waals surface area contributed by atoms with Gasteiger partial charge in [0.2, 0.25) is 0 Å². The number of rotatable bonds is 6. The molecule has 0 heterocycles. The van der Waals surface area contributed by atoms with Gasteiger partial charge in [-0.3, -0.25) is 0 Å². The van der Waals surface area contributed by atoms with Crippen LogP contribution in [0.1, 0.15) is 32.3 Å². The predicted molar refractivity (Wildman–Crippen MR) is 71.4 cm³/mol. The largest absolute Gasteiger partial charge is 0.394 e. The van der Waals surface area contributed by atoms with Gasteiger partial charge < -0.3 is 10.4 Å². The Labute approximate surface area is 106 Å². The number of benzene rings is 1. The van der Waals surface area contributed by atoms with Crippen molar-refractivity contribution < 1.29 is 5.11 Å². The lowest BCUT2D eigenvalue weighted by atomic mass is 9.93. The zero-order valence-corrected chi connectivity index (χ0v) is 11.5. The van der Waals surface area contributed by atoms with Crippen molar-refractivity contribution in [3.63, 3.8) is 0 Å². The molecule has 0 aliphatic carbocycles. The van der Waals surface area contributed by atoms with Crippen LogP contribution in [0.25, 0.3) is 0 Å². The van der Waals surface area contributed by atoms with E-state index in [0.29, 0.717) is 0 Å². The van der Waals surface area contributed by atoms with Gasteiger partial charge in [0.25, 0.3) is 0 Å². The summed E-state index contributed by atoms with van der Waals surface area (Å²) in [6, 6.07) is 8.23. The molecule has 0 saturated heterocycles. The van der Waals surface area contributed by atoms with Gasteiger partial charge in [0.15, 0.2) is 0 Å². The Morgan fingerprint density at radius 3 is 2.50 bits per heavy atom. The Hall–Kier alpha value is -0.380. The lowest BCUT2D eigenvalue weighted by Gasteiger charge is -2.31. The maximum Gasteiger partial charge on any atom is 0.0613 e. The molecule has 3 heteroatoms. The van der Waals surface area contributed by atoms with Crippen LogP contribution in [0, 0.1) is 0 Å². The zero-order valence-electron chi connectivity index (χ0n) is 9.96. The quantitative estimate of drug-likeness (QED) is 0.842. The van der Waals surface area contributed by atoms with Crippen LogP contribution in [0.3, 0.4) is 0 Å². The summed E-state index contributed by atoms with van der Waals surface area (Å²) in [7, 11) is 0. The molecule has 0 aliphatic heterocycles. The van der Waals surface area contributed by atoms with Crippen LogP contribution in [0.5, 0.6) is 0 Å². The zero-order chi connectivity index (χ0) is 12.0. The summed E-state index contributed by atoms with van der Waals surface area (Å²) in [5, 5.41) is 12.9. The van der Waals surface area contributed by atoms with Crippen LogP contribution in [0.4, 0.5) is 0 Å². The summed E-state index contributed by atoms with van der Waals surface area (Å²) >= 11 is 3.46. The fraction of sp³-hybridized carbons (Fsp3) is 0.538. The summed E-state index contributed by atoms with van der Waals surface area (Å²) in [6.45, 7) is 5.19. The van der Waals surface area contributed by atoms with E-state index in [1.165, 1.54) is 5.56 Å². The third kappa shape index (κ3) is 3.58. The number of hydrogen-bond acceptors (Lipinski definition) is 2. The Morgan fingerprint density at radius 2 is 2.00 bits per heavy atom. The second-order valence-electron chi connectivity index (χ2n) is 4.13. The van der Waals surface area contributed by atoms with Crippen molar-refractivity contribution in [1.29, 1.82) is 0 Å². The SMILES string of the molecule is CCC(CC)(CO)NCc1cccc(Br)c1. The Balaban J connectivity index is 2.62. The highest BCUT2D eigenvalue weighted by Gasteiger charge is 2.23. The second kappa shape index (κ2) is 6.38. The van der Waals surface area contributed by atoms with Crippen LogP contribution < -0.4 is 5.32 Å². The lowest BCUT2D eigenvalue weighted by molar-refractivity contribution is 0.149. The Bertz CT molecular complexity index is 315. The first kappa shape index (κ1) is 13.7. The van der Waals surface area contributed by atoms with Gasteiger partial charge in [-0.2, -0.15) is 0 Å². The van der Waals surface area contributed by atoms with Gasteiger partial charge >= 0.3 is 0 Å². The van der Waals surface area contributed by atoms with Crippen molar-refractivity contribution in [2.45, 2.75) is 38.8 Å². The summed E-state index contributed by atoms with van der Waals surface area (Å²) in [6.07, 6.45) is 1.88.